The minimum absolute atomic E-state index is 0.301. The molecule has 0 aliphatic rings. The number of thiophene rings is 1. The van der Waals surface area contributed by atoms with Crippen LogP contribution in [0.3, 0.4) is 0 Å². The van der Waals surface area contributed by atoms with Gasteiger partial charge in [-0.15, -0.1) is 0 Å². The molecule has 0 N–H and O–H groups in total. The maximum absolute atomic E-state index is 6.13. The Kier molecular flexibility index (Phi) is 3.62. The van der Waals surface area contributed by atoms with E-state index in [2.05, 4.69) is 45.1 Å². The quantitative estimate of drug-likeness (QED) is 0.747. The van der Waals surface area contributed by atoms with Gasteiger partial charge in [0.05, 0.1) is 5.69 Å². The van der Waals surface area contributed by atoms with Gasteiger partial charge < -0.3 is 0 Å². The molecular formula is C11H10BrClN2S. The third kappa shape index (κ3) is 2.14. The highest BCUT2D eigenvalue weighted by Crippen LogP contribution is 2.36. The normalized spacial score (nSPS) is 11.1. The summed E-state index contributed by atoms with van der Waals surface area (Å²) in [7, 11) is 0. The van der Waals surface area contributed by atoms with E-state index >= 15 is 0 Å². The van der Waals surface area contributed by atoms with Gasteiger partial charge in [-0.25, -0.2) is 9.97 Å². The number of halogens is 2. The molecule has 0 spiro atoms. The van der Waals surface area contributed by atoms with Gasteiger partial charge in [-0.2, -0.15) is 11.3 Å². The van der Waals surface area contributed by atoms with Crippen LogP contribution in [-0.4, -0.2) is 9.97 Å². The molecule has 0 unspecified atom stereocenters. The van der Waals surface area contributed by atoms with Crippen molar-refractivity contribution in [2.45, 2.75) is 19.8 Å². The molecule has 2 aromatic rings. The van der Waals surface area contributed by atoms with E-state index in [1.807, 2.05) is 5.38 Å². The maximum atomic E-state index is 6.13. The van der Waals surface area contributed by atoms with Crippen molar-refractivity contribution in [2.24, 2.45) is 0 Å². The average molecular weight is 318 g/mol. The highest BCUT2D eigenvalue weighted by molar-refractivity contribution is 9.10. The van der Waals surface area contributed by atoms with Crippen LogP contribution in [0.25, 0.3) is 11.3 Å². The van der Waals surface area contributed by atoms with Gasteiger partial charge in [0, 0.05) is 26.4 Å². The average Bonchev–Trinajstić information content (AvgIpc) is 2.63. The number of nitrogens with zero attached hydrogens (tertiary/aromatic N) is 2. The first-order valence-electron chi connectivity index (χ1n) is 4.83. The SMILES string of the molecule is CC(C)c1c(Cl)ncnc1-c1cscc1Br. The Morgan fingerprint density at radius 2 is 2.06 bits per heavy atom. The largest absolute Gasteiger partial charge is 0.236 e. The number of hydrogen-bond donors (Lipinski definition) is 0. The predicted molar refractivity (Wildman–Crippen MR) is 72.1 cm³/mol. The van der Waals surface area contributed by atoms with Crippen LogP contribution in [-0.2, 0) is 0 Å². The fourth-order valence-corrected chi connectivity index (χ4v) is 3.37. The fraction of sp³-hybridized carbons (Fsp3) is 0.273. The molecule has 0 saturated heterocycles. The lowest BCUT2D eigenvalue weighted by molar-refractivity contribution is 0.850. The van der Waals surface area contributed by atoms with Crippen molar-refractivity contribution in [3.8, 4) is 11.3 Å². The Labute approximate surface area is 112 Å². The van der Waals surface area contributed by atoms with Crippen molar-refractivity contribution < 1.29 is 0 Å². The summed E-state index contributed by atoms with van der Waals surface area (Å²) in [5, 5.41) is 4.64. The van der Waals surface area contributed by atoms with Crippen molar-refractivity contribution in [1.82, 2.24) is 9.97 Å². The van der Waals surface area contributed by atoms with Crippen LogP contribution in [0.4, 0.5) is 0 Å². The summed E-state index contributed by atoms with van der Waals surface area (Å²) in [5.74, 6) is 0.301. The summed E-state index contributed by atoms with van der Waals surface area (Å²) in [6.07, 6.45) is 1.51. The fourth-order valence-electron chi connectivity index (χ4n) is 1.55. The van der Waals surface area contributed by atoms with Crippen molar-refractivity contribution >= 4 is 38.9 Å². The van der Waals surface area contributed by atoms with Crippen LogP contribution in [0.2, 0.25) is 5.15 Å². The van der Waals surface area contributed by atoms with Crippen LogP contribution in [0.5, 0.6) is 0 Å². The van der Waals surface area contributed by atoms with Gasteiger partial charge in [-0.1, -0.05) is 25.4 Å². The summed E-state index contributed by atoms with van der Waals surface area (Å²) in [4.78, 5) is 8.39. The summed E-state index contributed by atoms with van der Waals surface area (Å²) in [6.45, 7) is 4.18. The smallest absolute Gasteiger partial charge is 0.136 e. The number of aromatic nitrogens is 2. The molecule has 2 nitrogen and oxygen atoms in total. The van der Waals surface area contributed by atoms with Gasteiger partial charge >= 0.3 is 0 Å². The molecular weight excluding hydrogens is 308 g/mol. The second kappa shape index (κ2) is 4.82. The second-order valence-corrected chi connectivity index (χ2v) is 5.67. The summed E-state index contributed by atoms with van der Waals surface area (Å²) < 4.78 is 1.05. The summed E-state index contributed by atoms with van der Waals surface area (Å²) >= 11 is 11.3. The Morgan fingerprint density at radius 3 is 2.62 bits per heavy atom. The van der Waals surface area contributed by atoms with Crippen molar-refractivity contribution in [3.05, 3.63) is 32.3 Å². The zero-order valence-corrected chi connectivity index (χ0v) is 12.0. The van der Waals surface area contributed by atoms with Crippen LogP contribution in [0.15, 0.2) is 21.6 Å². The first-order valence-corrected chi connectivity index (χ1v) is 6.95. The third-order valence-electron chi connectivity index (χ3n) is 2.28. The van der Waals surface area contributed by atoms with E-state index in [0.29, 0.717) is 11.1 Å². The minimum Gasteiger partial charge on any atom is -0.236 e. The Morgan fingerprint density at radius 1 is 1.31 bits per heavy atom. The van der Waals surface area contributed by atoms with E-state index in [0.717, 1.165) is 21.3 Å². The molecule has 0 aliphatic heterocycles. The van der Waals surface area contributed by atoms with Crippen molar-refractivity contribution in [1.29, 1.82) is 0 Å². The highest BCUT2D eigenvalue weighted by Gasteiger charge is 2.17. The molecule has 16 heavy (non-hydrogen) atoms. The zero-order chi connectivity index (χ0) is 11.7. The molecule has 0 aromatic carbocycles. The molecule has 5 heteroatoms. The monoisotopic (exact) mass is 316 g/mol. The lowest BCUT2D eigenvalue weighted by atomic mass is 10.0. The highest BCUT2D eigenvalue weighted by atomic mass is 79.9. The van der Waals surface area contributed by atoms with Gasteiger partial charge in [0.25, 0.3) is 0 Å². The molecule has 2 rings (SSSR count). The molecule has 2 aromatic heterocycles. The van der Waals surface area contributed by atoms with Crippen molar-refractivity contribution in [3.63, 3.8) is 0 Å². The standard InChI is InChI=1S/C11H10BrClN2S/c1-6(2)9-10(14-5-15-11(9)13)7-3-16-4-8(7)12/h3-6H,1-2H3. The number of hydrogen-bond acceptors (Lipinski definition) is 3. The molecule has 0 bridgehead atoms. The second-order valence-electron chi connectivity index (χ2n) is 3.71. The molecule has 0 amide bonds. The molecule has 0 atom stereocenters. The Balaban J connectivity index is 2.66. The van der Waals surface area contributed by atoms with Gasteiger partial charge in [-0.3, -0.25) is 0 Å². The van der Waals surface area contributed by atoms with E-state index in [1.54, 1.807) is 11.3 Å². The molecule has 84 valence electrons. The van der Waals surface area contributed by atoms with E-state index < -0.39 is 0 Å². The van der Waals surface area contributed by atoms with E-state index in [-0.39, 0.29) is 0 Å². The summed E-state index contributed by atoms with van der Waals surface area (Å²) in [6, 6.07) is 0. The lowest BCUT2D eigenvalue weighted by Gasteiger charge is -2.12. The number of rotatable bonds is 2. The first-order chi connectivity index (χ1) is 7.61. The van der Waals surface area contributed by atoms with Gasteiger partial charge in [0.1, 0.15) is 11.5 Å². The molecule has 2 heterocycles. The molecule has 0 aliphatic carbocycles. The Hall–Kier alpha value is -0.450. The lowest BCUT2D eigenvalue weighted by Crippen LogP contribution is -1.98. The van der Waals surface area contributed by atoms with Crippen molar-refractivity contribution in [2.75, 3.05) is 0 Å². The zero-order valence-electron chi connectivity index (χ0n) is 8.87. The molecule has 0 fully saturated rings. The topological polar surface area (TPSA) is 25.8 Å². The predicted octanol–water partition coefficient (Wildman–Crippen LogP) is 4.74. The minimum atomic E-state index is 0.301. The van der Waals surface area contributed by atoms with Gasteiger partial charge in [-0.05, 0) is 21.8 Å². The summed E-state index contributed by atoms with van der Waals surface area (Å²) in [5.41, 5.74) is 3.00. The third-order valence-corrected chi connectivity index (χ3v) is 4.29. The van der Waals surface area contributed by atoms with E-state index in [1.165, 1.54) is 6.33 Å². The van der Waals surface area contributed by atoms with Crippen LogP contribution in [0, 0.1) is 0 Å². The van der Waals surface area contributed by atoms with E-state index in [4.69, 9.17) is 11.6 Å². The first kappa shape index (κ1) is 12.0. The van der Waals surface area contributed by atoms with Gasteiger partial charge in [0.2, 0.25) is 0 Å². The van der Waals surface area contributed by atoms with Gasteiger partial charge in [0.15, 0.2) is 0 Å². The van der Waals surface area contributed by atoms with Crippen LogP contribution >= 0.6 is 38.9 Å². The van der Waals surface area contributed by atoms with Crippen LogP contribution in [0.1, 0.15) is 25.3 Å². The molecule has 0 radical (unpaired) electrons. The Bertz CT molecular complexity index is 510. The van der Waals surface area contributed by atoms with Crippen LogP contribution < -0.4 is 0 Å². The van der Waals surface area contributed by atoms with E-state index in [9.17, 15) is 0 Å². The maximum Gasteiger partial charge on any atom is 0.136 e. The molecule has 0 saturated carbocycles.